The van der Waals surface area contributed by atoms with Gasteiger partial charge in [-0.05, 0) is 18.6 Å². The lowest BCUT2D eigenvalue weighted by Crippen LogP contribution is -2.35. The van der Waals surface area contributed by atoms with Crippen molar-refractivity contribution >= 4 is 28.8 Å². The Balaban J connectivity index is 1.63. The molecule has 1 aromatic carbocycles. The number of nitrogens with one attached hydrogen (secondary N) is 2. The summed E-state index contributed by atoms with van der Waals surface area (Å²) in [5.74, 6) is -0.634. The third-order valence-electron chi connectivity index (χ3n) is 3.66. The van der Waals surface area contributed by atoms with Crippen LogP contribution < -0.4 is 10.6 Å². The second-order valence-corrected chi connectivity index (χ2v) is 6.35. The molecule has 0 saturated heterocycles. The van der Waals surface area contributed by atoms with E-state index in [0.717, 1.165) is 22.0 Å². The Morgan fingerprint density at radius 2 is 2.27 bits per heavy atom. The SMILES string of the molecule is Cc1nc(CCNC(=O)[C@@H]2CC(=O)Nc3ccccc32)cs1. The van der Waals surface area contributed by atoms with Crippen molar-refractivity contribution in [2.24, 2.45) is 0 Å². The summed E-state index contributed by atoms with van der Waals surface area (Å²) in [6.07, 6.45) is 0.898. The number of nitrogens with zero attached hydrogens (tertiary/aromatic N) is 1. The number of carbonyl (C=O) groups excluding carboxylic acids is 2. The molecule has 0 fully saturated rings. The van der Waals surface area contributed by atoms with Gasteiger partial charge in [-0.3, -0.25) is 9.59 Å². The van der Waals surface area contributed by atoms with Crippen molar-refractivity contribution < 1.29 is 9.59 Å². The monoisotopic (exact) mass is 315 g/mol. The van der Waals surface area contributed by atoms with Crippen molar-refractivity contribution in [3.05, 3.63) is 45.9 Å². The van der Waals surface area contributed by atoms with Gasteiger partial charge in [0.05, 0.1) is 16.6 Å². The Bertz CT molecular complexity index is 711. The molecular formula is C16H17N3O2S. The maximum absolute atomic E-state index is 12.4. The summed E-state index contributed by atoms with van der Waals surface area (Å²) < 4.78 is 0. The van der Waals surface area contributed by atoms with E-state index in [2.05, 4.69) is 15.6 Å². The highest BCUT2D eigenvalue weighted by atomic mass is 32.1. The molecule has 5 nitrogen and oxygen atoms in total. The molecule has 2 aromatic rings. The van der Waals surface area contributed by atoms with E-state index in [1.165, 1.54) is 0 Å². The van der Waals surface area contributed by atoms with Crippen LogP contribution in [0.15, 0.2) is 29.6 Å². The fourth-order valence-electron chi connectivity index (χ4n) is 2.61. The van der Waals surface area contributed by atoms with Gasteiger partial charge in [0.15, 0.2) is 0 Å². The van der Waals surface area contributed by atoms with Crippen LogP contribution in [0.2, 0.25) is 0 Å². The quantitative estimate of drug-likeness (QED) is 0.909. The van der Waals surface area contributed by atoms with Gasteiger partial charge in [-0.1, -0.05) is 18.2 Å². The molecular weight excluding hydrogens is 298 g/mol. The fraction of sp³-hybridized carbons (Fsp3) is 0.312. The van der Waals surface area contributed by atoms with Gasteiger partial charge in [0.25, 0.3) is 0 Å². The van der Waals surface area contributed by atoms with Gasteiger partial charge in [0, 0.05) is 30.5 Å². The number of benzene rings is 1. The molecule has 114 valence electrons. The Kier molecular flexibility index (Phi) is 4.20. The molecule has 0 bridgehead atoms. The fourth-order valence-corrected chi connectivity index (χ4v) is 3.25. The molecule has 22 heavy (non-hydrogen) atoms. The number of hydrogen-bond acceptors (Lipinski definition) is 4. The van der Waals surface area contributed by atoms with Crippen LogP contribution in [0.4, 0.5) is 5.69 Å². The summed E-state index contributed by atoms with van der Waals surface area (Å²) in [6.45, 7) is 2.49. The van der Waals surface area contributed by atoms with Crippen LogP contribution in [0.3, 0.4) is 0 Å². The summed E-state index contributed by atoms with van der Waals surface area (Å²) in [4.78, 5) is 28.5. The molecule has 1 aliphatic rings. The topological polar surface area (TPSA) is 71.1 Å². The zero-order chi connectivity index (χ0) is 15.5. The number of para-hydroxylation sites is 1. The summed E-state index contributed by atoms with van der Waals surface area (Å²) in [7, 11) is 0. The van der Waals surface area contributed by atoms with E-state index < -0.39 is 5.92 Å². The van der Waals surface area contributed by atoms with E-state index in [-0.39, 0.29) is 18.2 Å². The van der Waals surface area contributed by atoms with E-state index >= 15 is 0 Å². The maximum atomic E-state index is 12.4. The lowest BCUT2D eigenvalue weighted by molar-refractivity contribution is -0.126. The minimum absolute atomic E-state index is 0.103. The normalized spacial score (nSPS) is 16.8. The predicted molar refractivity (Wildman–Crippen MR) is 86.0 cm³/mol. The third-order valence-corrected chi connectivity index (χ3v) is 4.49. The smallest absolute Gasteiger partial charge is 0.228 e. The van der Waals surface area contributed by atoms with E-state index in [0.29, 0.717) is 13.0 Å². The lowest BCUT2D eigenvalue weighted by Gasteiger charge is -2.24. The van der Waals surface area contributed by atoms with E-state index in [9.17, 15) is 9.59 Å². The molecule has 0 radical (unpaired) electrons. The maximum Gasteiger partial charge on any atom is 0.228 e. The van der Waals surface area contributed by atoms with Crippen molar-refractivity contribution in [1.29, 1.82) is 0 Å². The van der Waals surface area contributed by atoms with Crippen molar-refractivity contribution in [2.75, 3.05) is 11.9 Å². The van der Waals surface area contributed by atoms with Crippen LogP contribution in [0.25, 0.3) is 0 Å². The van der Waals surface area contributed by atoms with Gasteiger partial charge >= 0.3 is 0 Å². The van der Waals surface area contributed by atoms with Crippen molar-refractivity contribution in [2.45, 2.75) is 25.7 Å². The molecule has 0 spiro atoms. The summed E-state index contributed by atoms with van der Waals surface area (Å²) in [5, 5.41) is 8.75. The molecule has 3 rings (SSSR count). The van der Waals surface area contributed by atoms with Gasteiger partial charge in [-0.15, -0.1) is 11.3 Å². The first-order valence-corrected chi connectivity index (χ1v) is 8.09. The van der Waals surface area contributed by atoms with Crippen molar-refractivity contribution in [1.82, 2.24) is 10.3 Å². The van der Waals surface area contributed by atoms with Crippen LogP contribution in [-0.2, 0) is 16.0 Å². The van der Waals surface area contributed by atoms with E-state index in [1.54, 1.807) is 11.3 Å². The van der Waals surface area contributed by atoms with Gasteiger partial charge in [0.2, 0.25) is 11.8 Å². The Labute approximate surface area is 132 Å². The van der Waals surface area contributed by atoms with Crippen molar-refractivity contribution in [3.63, 3.8) is 0 Å². The van der Waals surface area contributed by atoms with E-state index in [4.69, 9.17) is 0 Å². The third kappa shape index (κ3) is 3.17. The molecule has 1 aliphatic heterocycles. The van der Waals surface area contributed by atoms with Crippen LogP contribution >= 0.6 is 11.3 Å². The average molecular weight is 315 g/mol. The summed E-state index contributed by atoms with van der Waals surface area (Å²) >= 11 is 1.61. The van der Waals surface area contributed by atoms with Crippen molar-refractivity contribution in [3.8, 4) is 0 Å². The number of amides is 2. The highest BCUT2D eigenvalue weighted by molar-refractivity contribution is 7.09. The predicted octanol–water partition coefficient (Wildman–Crippen LogP) is 2.24. The molecule has 6 heteroatoms. The summed E-state index contributed by atoms with van der Waals surface area (Å²) in [5.41, 5.74) is 2.60. The first-order valence-electron chi connectivity index (χ1n) is 7.21. The Morgan fingerprint density at radius 3 is 3.05 bits per heavy atom. The van der Waals surface area contributed by atoms with E-state index in [1.807, 2.05) is 36.6 Å². The molecule has 1 atom stereocenters. The standard InChI is InChI=1S/C16H17N3O2S/c1-10-18-11(9-22-10)6-7-17-16(21)13-8-15(20)19-14-5-3-2-4-12(13)14/h2-5,9,13H,6-8H2,1H3,(H,17,21)(H,19,20)/t13-/m1/s1. The lowest BCUT2D eigenvalue weighted by atomic mass is 9.90. The minimum Gasteiger partial charge on any atom is -0.355 e. The van der Waals surface area contributed by atoms with Gasteiger partial charge in [-0.2, -0.15) is 0 Å². The number of aromatic nitrogens is 1. The number of aryl methyl sites for hydroxylation is 1. The number of rotatable bonds is 4. The number of anilines is 1. The van der Waals surface area contributed by atoms with Gasteiger partial charge < -0.3 is 10.6 Å². The summed E-state index contributed by atoms with van der Waals surface area (Å²) in [6, 6.07) is 7.45. The van der Waals surface area contributed by atoms with Gasteiger partial charge in [-0.25, -0.2) is 4.98 Å². The Hall–Kier alpha value is -2.21. The highest BCUT2D eigenvalue weighted by Crippen LogP contribution is 2.31. The first kappa shape index (κ1) is 14.7. The largest absolute Gasteiger partial charge is 0.355 e. The van der Waals surface area contributed by atoms with Crippen LogP contribution in [0, 0.1) is 6.92 Å². The molecule has 0 saturated carbocycles. The molecule has 2 amide bonds. The molecule has 2 heterocycles. The molecule has 0 aliphatic carbocycles. The molecule has 0 unspecified atom stereocenters. The molecule has 1 aromatic heterocycles. The minimum atomic E-state index is -0.415. The number of thiazole rings is 1. The second kappa shape index (κ2) is 6.27. The van der Waals surface area contributed by atoms with Crippen LogP contribution in [0.5, 0.6) is 0 Å². The average Bonchev–Trinajstić information content (AvgIpc) is 2.91. The number of fused-ring (bicyclic) bond motifs is 1. The number of hydrogen-bond donors (Lipinski definition) is 2. The first-order chi connectivity index (χ1) is 10.6. The Morgan fingerprint density at radius 1 is 1.45 bits per heavy atom. The van der Waals surface area contributed by atoms with Gasteiger partial charge in [0.1, 0.15) is 0 Å². The second-order valence-electron chi connectivity index (χ2n) is 5.29. The molecule has 2 N–H and O–H groups in total. The van der Waals surface area contributed by atoms with Crippen LogP contribution in [-0.4, -0.2) is 23.3 Å². The zero-order valence-corrected chi connectivity index (χ0v) is 13.1. The zero-order valence-electron chi connectivity index (χ0n) is 12.3. The van der Waals surface area contributed by atoms with Crippen LogP contribution in [0.1, 0.15) is 28.6 Å². The number of carbonyl (C=O) groups is 2. The highest BCUT2D eigenvalue weighted by Gasteiger charge is 2.30.